The summed E-state index contributed by atoms with van der Waals surface area (Å²) in [6.45, 7) is 0.464. The first kappa shape index (κ1) is 25.0. The second-order valence-corrected chi connectivity index (χ2v) is 8.79. The lowest BCUT2D eigenvalue weighted by Crippen LogP contribution is -2.41. The fraction of sp³-hybridized carbons (Fsp3) is 0.133. The maximum absolute atomic E-state index is 12.9. The van der Waals surface area contributed by atoms with Crippen LogP contribution in [0.3, 0.4) is 0 Å². The van der Waals surface area contributed by atoms with Crippen LogP contribution in [0.4, 0.5) is 0 Å². The number of hydrogen-bond donors (Lipinski definition) is 2. The zero-order valence-corrected chi connectivity index (χ0v) is 20.3. The van der Waals surface area contributed by atoms with Crippen LogP contribution in [-0.4, -0.2) is 23.0 Å². The number of aliphatic carboxylic acids is 1. The number of carbonyl (C=O) groups is 2. The molecule has 4 rings (SSSR count). The normalized spacial score (nSPS) is 11.5. The number of hydrogen-bond acceptors (Lipinski definition) is 3. The summed E-state index contributed by atoms with van der Waals surface area (Å²) < 4.78 is 5.84. The van der Waals surface area contributed by atoms with E-state index in [0.29, 0.717) is 29.2 Å². The highest BCUT2D eigenvalue weighted by molar-refractivity contribution is 6.33. The van der Waals surface area contributed by atoms with Crippen LogP contribution in [0.15, 0.2) is 103 Å². The molecule has 182 valence electrons. The Kier molecular flexibility index (Phi) is 8.37. The molecule has 2 N–H and O–H groups in total. The minimum Gasteiger partial charge on any atom is -0.489 e. The second-order valence-electron chi connectivity index (χ2n) is 8.38. The molecule has 0 aliphatic heterocycles. The molecule has 4 aromatic carbocycles. The van der Waals surface area contributed by atoms with E-state index in [0.717, 1.165) is 22.4 Å². The summed E-state index contributed by atoms with van der Waals surface area (Å²) in [5, 5.41) is 12.7. The summed E-state index contributed by atoms with van der Waals surface area (Å²) in [5.41, 5.74) is 3.93. The molecular formula is C30H26ClNO4. The number of carboxylic acid groups (broad SMARTS) is 1. The Labute approximate surface area is 215 Å². The van der Waals surface area contributed by atoms with Crippen molar-refractivity contribution in [3.63, 3.8) is 0 Å². The summed E-state index contributed by atoms with van der Waals surface area (Å²) in [5.74, 6) is -0.814. The van der Waals surface area contributed by atoms with E-state index in [1.165, 1.54) is 0 Å². The van der Waals surface area contributed by atoms with E-state index < -0.39 is 17.9 Å². The molecule has 0 aliphatic rings. The van der Waals surface area contributed by atoms with Gasteiger partial charge in [-0.3, -0.25) is 4.79 Å². The van der Waals surface area contributed by atoms with Gasteiger partial charge in [-0.15, -0.1) is 0 Å². The van der Waals surface area contributed by atoms with Gasteiger partial charge < -0.3 is 15.2 Å². The van der Waals surface area contributed by atoms with E-state index in [1.807, 2.05) is 84.9 Å². The number of carbonyl (C=O) groups excluding carboxylic acids is 1. The molecule has 1 amide bonds. The smallest absolute Gasteiger partial charge is 0.326 e. The molecule has 0 saturated heterocycles. The van der Waals surface area contributed by atoms with Crippen LogP contribution in [-0.2, 0) is 17.8 Å². The minimum atomic E-state index is -1.07. The molecule has 1 unspecified atom stereocenters. The minimum absolute atomic E-state index is 0.288. The Balaban J connectivity index is 1.43. The van der Waals surface area contributed by atoms with Gasteiger partial charge in [-0.1, -0.05) is 84.4 Å². The van der Waals surface area contributed by atoms with Crippen molar-refractivity contribution >= 4 is 23.5 Å². The van der Waals surface area contributed by atoms with Crippen LogP contribution >= 0.6 is 11.6 Å². The molecule has 0 aromatic heterocycles. The Morgan fingerprint density at radius 1 is 0.833 bits per heavy atom. The van der Waals surface area contributed by atoms with Gasteiger partial charge in [-0.2, -0.15) is 0 Å². The third-order valence-electron chi connectivity index (χ3n) is 5.81. The first-order valence-corrected chi connectivity index (χ1v) is 12.0. The molecule has 1 atom stereocenters. The largest absolute Gasteiger partial charge is 0.489 e. The Bertz CT molecular complexity index is 1310. The molecule has 0 heterocycles. The Hall–Kier alpha value is -4.09. The summed E-state index contributed by atoms with van der Waals surface area (Å²) in [6, 6.07) is 30.9. The van der Waals surface area contributed by atoms with Gasteiger partial charge in [0, 0.05) is 16.1 Å². The van der Waals surface area contributed by atoms with Crippen molar-refractivity contribution in [3.8, 4) is 16.9 Å². The molecule has 4 aromatic rings. The third-order valence-corrected chi connectivity index (χ3v) is 6.14. The maximum atomic E-state index is 12.9. The molecule has 36 heavy (non-hydrogen) atoms. The van der Waals surface area contributed by atoms with Crippen LogP contribution in [0.2, 0.25) is 5.02 Å². The van der Waals surface area contributed by atoms with Crippen molar-refractivity contribution in [2.75, 3.05) is 0 Å². The van der Waals surface area contributed by atoms with Gasteiger partial charge in [-0.05, 0) is 59.9 Å². The molecule has 0 radical (unpaired) electrons. The number of benzene rings is 4. The standard InChI is InChI=1S/C30H26ClNO4/c31-27-17-14-24(29(33)32-28(30(34)35)18-11-21-7-3-1-4-8-21)19-26(27)23-12-15-25(16-13-23)36-20-22-9-5-2-6-10-22/h1-10,12-17,19,28H,11,18,20H2,(H,32,33)(H,34,35). The molecule has 0 fully saturated rings. The summed E-state index contributed by atoms with van der Waals surface area (Å²) >= 11 is 6.43. The number of nitrogens with one attached hydrogen (secondary N) is 1. The monoisotopic (exact) mass is 499 g/mol. The predicted octanol–water partition coefficient (Wildman–Crippen LogP) is 6.40. The Morgan fingerprint density at radius 2 is 1.47 bits per heavy atom. The van der Waals surface area contributed by atoms with Gasteiger partial charge in [-0.25, -0.2) is 4.79 Å². The van der Waals surface area contributed by atoms with Gasteiger partial charge in [0.2, 0.25) is 0 Å². The number of aryl methyl sites for hydroxylation is 1. The number of rotatable bonds is 10. The van der Waals surface area contributed by atoms with Crippen LogP contribution in [0.5, 0.6) is 5.75 Å². The van der Waals surface area contributed by atoms with Gasteiger partial charge in [0.1, 0.15) is 18.4 Å². The fourth-order valence-electron chi connectivity index (χ4n) is 3.81. The van der Waals surface area contributed by atoms with Crippen molar-refractivity contribution in [2.45, 2.75) is 25.5 Å². The summed E-state index contributed by atoms with van der Waals surface area (Å²) in [4.78, 5) is 24.7. The van der Waals surface area contributed by atoms with E-state index >= 15 is 0 Å². The number of ether oxygens (including phenoxy) is 1. The van der Waals surface area contributed by atoms with Gasteiger partial charge in [0.15, 0.2) is 0 Å². The maximum Gasteiger partial charge on any atom is 0.326 e. The van der Waals surface area contributed by atoms with Gasteiger partial charge >= 0.3 is 5.97 Å². The van der Waals surface area contributed by atoms with Crippen molar-refractivity contribution in [1.29, 1.82) is 0 Å². The molecule has 0 bridgehead atoms. The predicted molar refractivity (Wildman–Crippen MR) is 141 cm³/mol. The molecule has 0 spiro atoms. The van der Waals surface area contributed by atoms with Crippen LogP contribution < -0.4 is 10.1 Å². The topological polar surface area (TPSA) is 75.6 Å². The summed E-state index contributed by atoms with van der Waals surface area (Å²) in [7, 11) is 0. The Morgan fingerprint density at radius 3 is 2.11 bits per heavy atom. The SMILES string of the molecule is O=C(NC(CCc1ccccc1)C(=O)O)c1ccc(Cl)c(-c2ccc(OCc3ccccc3)cc2)c1. The average molecular weight is 500 g/mol. The van der Waals surface area contributed by atoms with E-state index in [1.54, 1.807) is 18.2 Å². The highest BCUT2D eigenvalue weighted by Gasteiger charge is 2.21. The quantitative estimate of drug-likeness (QED) is 0.264. The number of halogens is 1. The lowest BCUT2D eigenvalue weighted by molar-refractivity contribution is -0.139. The molecule has 6 heteroatoms. The zero-order chi connectivity index (χ0) is 25.3. The second kappa shape index (κ2) is 12.0. The van der Waals surface area contributed by atoms with Crippen molar-refractivity contribution < 1.29 is 19.4 Å². The van der Waals surface area contributed by atoms with E-state index in [-0.39, 0.29) is 6.42 Å². The lowest BCUT2D eigenvalue weighted by Gasteiger charge is -2.15. The zero-order valence-electron chi connectivity index (χ0n) is 19.6. The third kappa shape index (κ3) is 6.74. The summed E-state index contributed by atoms with van der Waals surface area (Å²) in [6.07, 6.45) is 0.832. The van der Waals surface area contributed by atoms with Gasteiger partial charge in [0.25, 0.3) is 5.91 Å². The van der Waals surface area contributed by atoms with E-state index in [9.17, 15) is 14.7 Å². The van der Waals surface area contributed by atoms with Crippen LogP contribution in [0, 0.1) is 0 Å². The molecule has 5 nitrogen and oxygen atoms in total. The highest BCUT2D eigenvalue weighted by Crippen LogP contribution is 2.30. The van der Waals surface area contributed by atoms with Crippen molar-refractivity contribution in [2.24, 2.45) is 0 Å². The molecule has 0 aliphatic carbocycles. The fourth-order valence-corrected chi connectivity index (χ4v) is 4.04. The van der Waals surface area contributed by atoms with Crippen LogP contribution in [0.1, 0.15) is 27.9 Å². The van der Waals surface area contributed by atoms with Gasteiger partial charge in [0.05, 0.1) is 0 Å². The van der Waals surface area contributed by atoms with E-state index in [4.69, 9.17) is 16.3 Å². The highest BCUT2D eigenvalue weighted by atomic mass is 35.5. The van der Waals surface area contributed by atoms with Crippen molar-refractivity contribution in [3.05, 3.63) is 125 Å². The molecular weight excluding hydrogens is 474 g/mol. The first-order valence-electron chi connectivity index (χ1n) is 11.6. The number of carboxylic acids is 1. The first-order chi connectivity index (χ1) is 17.5. The van der Waals surface area contributed by atoms with Crippen LogP contribution in [0.25, 0.3) is 11.1 Å². The lowest BCUT2D eigenvalue weighted by atomic mass is 10.0. The molecule has 0 saturated carbocycles. The van der Waals surface area contributed by atoms with E-state index in [2.05, 4.69) is 5.32 Å². The van der Waals surface area contributed by atoms with Crippen molar-refractivity contribution in [1.82, 2.24) is 5.32 Å². The average Bonchev–Trinajstić information content (AvgIpc) is 2.91. The number of amides is 1.